The molecule has 2 aromatic rings. The summed E-state index contributed by atoms with van der Waals surface area (Å²) in [4.78, 5) is 15.3. The lowest BCUT2D eigenvalue weighted by molar-refractivity contribution is 0.0733. The van der Waals surface area contributed by atoms with E-state index in [1.54, 1.807) is 11.8 Å². The Balaban J connectivity index is 1.99. The van der Waals surface area contributed by atoms with Crippen molar-refractivity contribution in [2.75, 3.05) is 13.7 Å². The van der Waals surface area contributed by atoms with Crippen molar-refractivity contribution in [1.29, 1.82) is 0 Å². The van der Waals surface area contributed by atoms with Crippen molar-refractivity contribution in [3.05, 3.63) is 34.3 Å². The largest absolute Gasteiger partial charge is 0.481 e. The average molecular weight is 344 g/mol. The van der Waals surface area contributed by atoms with E-state index in [4.69, 9.17) is 4.74 Å². The van der Waals surface area contributed by atoms with E-state index in [9.17, 15) is 4.79 Å². The number of amides is 1. The molecule has 1 aliphatic heterocycles. The Morgan fingerprint density at radius 1 is 1.36 bits per heavy atom. The van der Waals surface area contributed by atoms with Crippen LogP contribution in [0.15, 0.2) is 6.07 Å². The van der Waals surface area contributed by atoms with Crippen molar-refractivity contribution in [3.8, 4) is 5.88 Å². The molecular formula is C19H28N4O2. The van der Waals surface area contributed by atoms with Crippen LogP contribution in [0.3, 0.4) is 0 Å². The molecule has 0 aliphatic carbocycles. The van der Waals surface area contributed by atoms with Crippen LogP contribution >= 0.6 is 0 Å². The predicted octanol–water partition coefficient (Wildman–Crippen LogP) is 3.15. The molecule has 25 heavy (non-hydrogen) atoms. The minimum atomic E-state index is 0.0285. The molecule has 0 unspecified atom stereocenters. The predicted molar refractivity (Wildman–Crippen MR) is 97.1 cm³/mol. The second kappa shape index (κ2) is 6.58. The van der Waals surface area contributed by atoms with Crippen LogP contribution in [0.1, 0.15) is 58.8 Å². The third kappa shape index (κ3) is 2.73. The Bertz CT molecular complexity index is 803. The first kappa shape index (κ1) is 17.6. The van der Waals surface area contributed by atoms with Gasteiger partial charge >= 0.3 is 0 Å². The van der Waals surface area contributed by atoms with E-state index in [1.807, 2.05) is 31.9 Å². The Labute approximate surface area is 149 Å². The van der Waals surface area contributed by atoms with Crippen LogP contribution in [-0.2, 0) is 13.6 Å². The number of aryl methyl sites for hydroxylation is 3. The van der Waals surface area contributed by atoms with Crippen molar-refractivity contribution in [3.63, 3.8) is 0 Å². The first-order valence-corrected chi connectivity index (χ1v) is 8.95. The molecule has 0 N–H and O–H groups in total. The molecule has 3 rings (SSSR count). The maximum atomic E-state index is 13.3. The van der Waals surface area contributed by atoms with Crippen LogP contribution in [0.25, 0.3) is 0 Å². The number of methoxy groups -OCH3 is 1. The van der Waals surface area contributed by atoms with E-state index >= 15 is 0 Å². The third-order valence-corrected chi connectivity index (χ3v) is 5.37. The van der Waals surface area contributed by atoms with Crippen molar-refractivity contribution < 1.29 is 9.53 Å². The monoisotopic (exact) mass is 344 g/mol. The topological polar surface area (TPSA) is 52.3 Å². The quantitative estimate of drug-likeness (QED) is 0.856. The fraction of sp³-hybridized carbons (Fsp3) is 0.579. The van der Waals surface area contributed by atoms with Gasteiger partial charge in [0.05, 0.1) is 30.0 Å². The number of carbonyl (C=O) groups excluding carboxylic acids is 1. The number of likely N-dealkylation sites (tertiary alicyclic amines) is 1. The smallest absolute Gasteiger partial charge is 0.256 e. The Kier molecular flexibility index (Phi) is 4.62. The SMILES string of the molecule is CCn1c(C)cc(C(=O)N2CCC[C@H]2c2c(C)nn(C)c2OC)c1C. The summed E-state index contributed by atoms with van der Waals surface area (Å²) >= 11 is 0. The molecule has 2 aromatic heterocycles. The number of rotatable bonds is 4. The third-order valence-electron chi connectivity index (χ3n) is 5.37. The van der Waals surface area contributed by atoms with Crippen molar-refractivity contribution in [2.24, 2.45) is 7.05 Å². The summed E-state index contributed by atoms with van der Waals surface area (Å²) in [5, 5.41) is 4.49. The summed E-state index contributed by atoms with van der Waals surface area (Å²) in [6.07, 6.45) is 1.95. The van der Waals surface area contributed by atoms with Crippen LogP contribution in [0.5, 0.6) is 5.88 Å². The second-order valence-electron chi connectivity index (χ2n) is 6.82. The summed E-state index contributed by atoms with van der Waals surface area (Å²) in [6.45, 7) is 9.84. The van der Waals surface area contributed by atoms with Gasteiger partial charge in [0.2, 0.25) is 5.88 Å². The summed E-state index contributed by atoms with van der Waals surface area (Å²) < 4.78 is 9.51. The number of hydrogen-bond acceptors (Lipinski definition) is 3. The maximum absolute atomic E-state index is 13.3. The summed E-state index contributed by atoms with van der Waals surface area (Å²) in [5.41, 5.74) is 4.97. The van der Waals surface area contributed by atoms with Crippen molar-refractivity contribution in [1.82, 2.24) is 19.2 Å². The zero-order valence-corrected chi connectivity index (χ0v) is 16.1. The van der Waals surface area contributed by atoms with Gasteiger partial charge in [0.1, 0.15) is 0 Å². The van der Waals surface area contributed by atoms with Gasteiger partial charge in [-0.05, 0) is 46.6 Å². The highest BCUT2D eigenvalue weighted by Gasteiger charge is 2.36. The molecule has 3 heterocycles. The zero-order valence-electron chi connectivity index (χ0n) is 16.1. The number of carbonyl (C=O) groups is 1. The molecule has 0 saturated carbocycles. The van der Waals surface area contributed by atoms with Gasteiger partial charge in [0.25, 0.3) is 5.91 Å². The van der Waals surface area contributed by atoms with Crippen LogP contribution in [0.4, 0.5) is 0 Å². The van der Waals surface area contributed by atoms with Crippen LogP contribution in [0.2, 0.25) is 0 Å². The van der Waals surface area contributed by atoms with Crippen molar-refractivity contribution >= 4 is 5.91 Å². The Hall–Kier alpha value is -2.24. The van der Waals surface area contributed by atoms with E-state index in [-0.39, 0.29) is 11.9 Å². The zero-order chi connectivity index (χ0) is 18.3. The molecule has 1 amide bonds. The van der Waals surface area contributed by atoms with Gasteiger partial charge in [0, 0.05) is 31.5 Å². The second-order valence-corrected chi connectivity index (χ2v) is 6.82. The fourth-order valence-corrected chi connectivity index (χ4v) is 4.25. The van der Waals surface area contributed by atoms with Gasteiger partial charge in [-0.3, -0.25) is 4.79 Å². The van der Waals surface area contributed by atoms with Gasteiger partial charge in [-0.1, -0.05) is 0 Å². The molecule has 136 valence electrons. The highest BCUT2D eigenvalue weighted by Crippen LogP contribution is 2.39. The number of ether oxygens (including phenoxy) is 1. The van der Waals surface area contributed by atoms with Crippen LogP contribution in [0, 0.1) is 20.8 Å². The van der Waals surface area contributed by atoms with Crippen LogP contribution < -0.4 is 4.74 Å². The standard InChI is InChI=1S/C19H28N4O2/c1-7-22-12(2)11-15(14(22)4)18(24)23-10-8-9-16(23)17-13(3)20-21(5)19(17)25-6/h11,16H,7-10H2,1-6H3/t16-/m0/s1. The molecule has 1 fully saturated rings. The highest BCUT2D eigenvalue weighted by atomic mass is 16.5. The van der Waals surface area contributed by atoms with E-state index in [0.29, 0.717) is 0 Å². The molecule has 1 aliphatic rings. The minimum absolute atomic E-state index is 0.0285. The normalized spacial score (nSPS) is 17.4. The highest BCUT2D eigenvalue weighted by molar-refractivity contribution is 5.96. The van der Waals surface area contributed by atoms with Gasteiger partial charge in [-0.2, -0.15) is 5.10 Å². The Morgan fingerprint density at radius 3 is 2.68 bits per heavy atom. The van der Waals surface area contributed by atoms with Crippen molar-refractivity contribution in [2.45, 2.75) is 53.1 Å². The first-order chi connectivity index (χ1) is 11.9. The van der Waals surface area contributed by atoms with E-state index in [2.05, 4.69) is 23.5 Å². The van der Waals surface area contributed by atoms with Gasteiger partial charge in [-0.15, -0.1) is 0 Å². The molecule has 0 spiro atoms. The molecular weight excluding hydrogens is 316 g/mol. The molecule has 0 radical (unpaired) electrons. The summed E-state index contributed by atoms with van der Waals surface area (Å²) in [5.74, 6) is 0.863. The molecule has 1 atom stereocenters. The molecule has 6 heteroatoms. The van der Waals surface area contributed by atoms with Gasteiger partial charge in [-0.25, -0.2) is 4.68 Å². The lowest BCUT2D eigenvalue weighted by Gasteiger charge is -2.25. The van der Waals surface area contributed by atoms with Crippen LogP contribution in [-0.4, -0.2) is 38.8 Å². The number of hydrogen-bond donors (Lipinski definition) is 0. The van der Waals surface area contributed by atoms with E-state index in [1.165, 1.54) is 0 Å². The average Bonchev–Trinajstić information content (AvgIpc) is 3.22. The van der Waals surface area contributed by atoms with Gasteiger partial charge in [0.15, 0.2) is 0 Å². The lowest BCUT2D eigenvalue weighted by atomic mass is 10.0. The maximum Gasteiger partial charge on any atom is 0.256 e. The fourth-order valence-electron chi connectivity index (χ4n) is 4.25. The Morgan fingerprint density at radius 2 is 2.08 bits per heavy atom. The molecule has 6 nitrogen and oxygen atoms in total. The molecule has 0 bridgehead atoms. The van der Waals surface area contributed by atoms with E-state index < -0.39 is 0 Å². The summed E-state index contributed by atoms with van der Waals surface area (Å²) in [7, 11) is 3.54. The summed E-state index contributed by atoms with van der Waals surface area (Å²) in [6, 6.07) is 2.05. The number of nitrogens with zero attached hydrogens (tertiary/aromatic N) is 4. The molecule has 1 saturated heterocycles. The van der Waals surface area contributed by atoms with E-state index in [0.717, 1.165) is 60.0 Å². The first-order valence-electron chi connectivity index (χ1n) is 8.95. The minimum Gasteiger partial charge on any atom is -0.481 e. The van der Waals surface area contributed by atoms with Gasteiger partial charge < -0.3 is 14.2 Å². The lowest BCUT2D eigenvalue weighted by Crippen LogP contribution is -2.31. The molecule has 0 aromatic carbocycles. The number of aromatic nitrogens is 3.